The van der Waals surface area contributed by atoms with Gasteiger partial charge in [-0.15, -0.1) is 0 Å². The number of ether oxygens (including phenoxy) is 2. The zero-order valence-electron chi connectivity index (χ0n) is 17.8. The van der Waals surface area contributed by atoms with Crippen molar-refractivity contribution in [2.24, 2.45) is 11.8 Å². The number of nitrogens with zero attached hydrogens (tertiary/aromatic N) is 3. The first-order chi connectivity index (χ1) is 15.4. The highest BCUT2D eigenvalue weighted by molar-refractivity contribution is 7.89. The minimum atomic E-state index is -3.68. The van der Waals surface area contributed by atoms with Gasteiger partial charge in [-0.1, -0.05) is 12.2 Å². The summed E-state index contributed by atoms with van der Waals surface area (Å²) in [7, 11) is -3.68. The number of amides is 2. The molecule has 2 fully saturated rings. The van der Waals surface area contributed by atoms with Crippen molar-refractivity contribution in [1.82, 2.24) is 14.1 Å². The van der Waals surface area contributed by atoms with Crippen molar-refractivity contribution in [1.29, 1.82) is 0 Å². The van der Waals surface area contributed by atoms with E-state index in [-0.39, 0.29) is 35.2 Å². The van der Waals surface area contributed by atoms with Crippen LogP contribution in [0.4, 0.5) is 0 Å². The van der Waals surface area contributed by atoms with Crippen LogP contribution in [0, 0.1) is 11.8 Å². The second-order valence-electron chi connectivity index (χ2n) is 8.58. The van der Waals surface area contributed by atoms with E-state index in [9.17, 15) is 18.0 Å². The van der Waals surface area contributed by atoms with Crippen molar-refractivity contribution < 1.29 is 27.5 Å². The molecule has 0 bridgehead atoms. The lowest BCUT2D eigenvalue weighted by Crippen LogP contribution is -2.52. The number of sulfonamides is 1. The van der Waals surface area contributed by atoms with Crippen molar-refractivity contribution in [2.75, 3.05) is 46.1 Å². The summed E-state index contributed by atoms with van der Waals surface area (Å²) in [5, 5.41) is 0. The Morgan fingerprint density at radius 1 is 0.875 bits per heavy atom. The average Bonchev–Trinajstić information content (AvgIpc) is 2.97. The largest absolute Gasteiger partial charge is 0.490 e. The van der Waals surface area contributed by atoms with Gasteiger partial charge >= 0.3 is 0 Å². The summed E-state index contributed by atoms with van der Waals surface area (Å²) >= 11 is 0. The standard InChI is InChI=1S/C22H27N3O6S/c26-21-17-4-1-2-5-18(17)22(27)25(21)15-23-8-10-24(11-9-23)32(28,29)16-6-7-19-20(14-16)31-13-3-12-30-19/h1-2,6-7,14,17-18H,3-5,8-13,15H2/t17-,18+. The van der Waals surface area contributed by atoms with Gasteiger partial charge in [0.05, 0.1) is 36.6 Å². The highest BCUT2D eigenvalue weighted by Crippen LogP contribution is 2.36. The smallest absolute Gasteiger partial charge is 0.243 e. The maximum Gasteiger partial charge on any atom is 0.243 e. The fourth-order valence-corrected chi connectivity index (χ4v) is 6.21. The Morgan fingerprint density at radius 2 is 1.50 bits per heavy atom. The molecule has 0 N–H and O–H groups in total. The van der Waals surface area contributed by atoms with E-state index in [1.165, 1.54) is 15.3 Å². The molecule has 2 amide bonds. The van der Waals surface area contributed by atoms with Crippen LogP contribution >= 0.6 is 0 Å². The molecule has 1 aromatic rings. The topological polar surface area (TPSA) is 96.5 Å². The van der Waals surface area contributed by atoms with Gasteiger partial charge in [0.2, 0.25) is 21.8 Å². The number of allylic oxidation sites excluding steroid dienone is 2. The fraction of sp³-hybridized carbons (Fsp3) is 0.545. The molecular formula is C22H27N3O6S. The number of fused-ring (bicyclic) bond motifs is 2. The van der Waals surface area contributed by atoms with Gasteiger partial charge in [0.25, 0.3) is 0 Å². The molecule has 5 rings (SSSR count). The number of piperazine rings is 1. The van der Waals surface area contributed by atoms with Crippen molar-refractivity contribution in [2.45, 2.75) is 24.2 Å². The van der Waals surface area contributed by atoms with Crippen LogP contribution in [0.5, 0.6) is 11.5 Å². The second kappa shape index (κ2) is 8.49. The molecule has 1 aliphatic carbocycles. The minimum absolute atomic E-state index is 0.105. The molecule has 10 heteroatoms. The lowest BCUT2D eigenvalue weighted by atomic mass is 9.85. The van der Waals surface area contributed by atoms with Crippen LogP contribution < -0.4 is 9.47 Å². The second-order valence-corrected chi connectivity index (χ2v) is 10.5. The summed E-state index contributed by atoms with van der Waals surface area (Å²) in [5.74, 6) is 0.312. The van der Waals surface area contributed by atoms with Gasteiger partial charge in [-0.3, -0.25) is 19.4 Å². The third-order valence-electron chi connectivity index (χ3n) is 6.63. The molecular weight excluding hydrogens is 434 g/mol. The first-order valence-electron chi connectivity index (χ1n) is 11.1. The molecule has 0 radical (unpaired) electrons. The quantitative estimate of drug-likeness (QED) is 0.489. The van der Waals surface area contributed by atoms with E-state index in [1.807, 2.05) is 17.1 Å². The highest BCUT2D eigenvalue weighted by atomic mass is 32.2. The van der Waals surface area contributed by atoms with E-state index in [0.717, 1.165) is 6.42 Å². The maximum absolute atomic E-state index is 13.2. The number of benzene rings is 1. The van der Waals surface area contributed by atoms with E-state index in [2.05, 4.69) is 0 Å². The van der Waals surface area contributed by atoms with Gasteiger partial charge in [0.15, 0.2) is 11.5 Å². The Balaban J connectivity index is 1.22. The molecule has 172 valence electrons. The summed E-state index contributed by atoms with van der Waals surface area (Å²) < 4.78 is 39.0. The van der Waals surface area contributed by atoms with Crippen LogP contribution in [0.15, 0.2) is 35.2 Å². The monoisotopic (exact) mass is 461 g/mol. The third-order valence-corrected chi connectivity index (χ3v) is 8.52. The van der Waals surface area contributed by atoms with Gasteiger partial charge in [-0.2, -0.15) is 4.31 Å². The fourth-order valence-electron chi connectivity index (χ4n) is 4.77. The van der Waals surface area contributed by atoms with Crippen molar-refractivity contribution in [3.63, 3.8) is 0 Å². The van der Waals surface area contributed by atoms with Crippen LogP contribution in [0.25, 0.3) is 0 Å². The molecule has 2 saturated heterocycles. The van der Waals surface area contributed by atoms with E-state index in [1.54, 1.807) is 12.1 Å². The van der Waals surface area contributed by atoms with Crippen LogP contribution in [0.3, 0.4) is 0 Å². The molecule has 9 nitrogen and oxygen atoms in total. The van der Waals surface area contributed by atoms with Crippen LogP contribution in [-0.2, 0) is 19.6 Å². The Hall–Kier alpha value is -2.43. The van der Waals surface area contributed by atoms with E-state index in [0.29, 0.717) is 63.7 Å². The highest BCUT2D eigenvalue weighted by Gasteiger charge is 2.47. The first kappa shape index (κ1) is 21.4. The van der Waals surface area contributed by atoms with Gasteiger partial charge in [-0.05, 0) is 25.0 Å². The van der Waals surface area contributed by atoms with Gasteiger partial charge in [0.1, 0.15) is 0 Å². The van der Waals surface area contributed by atoms with Gasteiger partial charge in [0, 0.05) is 38.7 Å². The van der Waals surface area contributed by atoms with Crippen molar-refractivity contribution in [3.05, 3.63) is 30.4 Å². The Bertz CT molecular complexity index is 1020. The number of imide groups is 1. The molecule has 4 aliphatic rings. The summed E-state index contributed by atoms with van der Waals surface area (Å²) in [5.41, 5.74) is 0. The summed E-state index contributed by atoms with van der Waals surface area (Å²) in [4.78, 5) is 28.9. The molecule has 0 aromatic heterocycles. The lowest BCUT2D eigenvalue weighted by Gasteiger charge is -2.35. The number of hydrogen-bond donors (Lipinski definition) is 0. The van der Waals surface area contributed by atoms with E-state index >= 15 is 0 Å². The molecule has 3 heterocycles. The van der Waals surface area contributed by atoms with Crippen molar-refractivity contribution in [3.8, 4) is 11.5 Å². The predicted octanol–water partition coefficient (Wildman–Crippen LogP) is 1.06. The third kappa shape index (κ3) is 3.80. The normalized spacial score (nSPS) is 26.8. The van der Waals surface area contributed by atoms with E-state index < -0.39 is 10.0 Å². The molecule has 3 aliphatic heterocycles. The molecule has 0 spiro atoms. The zero-order valence-corrected chi connectivity index (χ0v) is 18.6. The minimum Gasteiger partial charge on any atom is -0.490 e. The maximum atomic E-state index is 13.2. The zero-order chi connectivity index (χ0) is 22.3. The molecule has 2 atom stereocenters. The van der Waals surface area contributed by atoms with Gasteiger partial charge in [-0.25, -0.2) is 8.42 Å². The molecule has 0 unspecified atom stereocenters. The van der Waals surface area contributed by atoms with Crippen LogP contribution in [0.2, 0.25) is 0 Å². The number of carbonyl (C=O) groups excluding carboxylic acids is 2. The Labute approximate surface area is 187 Å². The first-order valence-corrected chi connectivity index (χ1v) is 12.5. The van der Waals surface area contributed by atoms with E-state index in [4.69, 9.17) is 9.47 Å². The summed E-state index contributed by atoms with van der Waals surface area (Å²) in [6.45, 7) is 2.75. The van der Waals surface area contributed by atoms with Crippen LogP contribution in [-0.4, -0.2) is 80.4 Å². The SMILES string of the molecule is O=C1[C@H]2CC=CC[C@H]2C(=O)N1CN1CCN(S(=O)(=O)c2ccc3c(c2)OCCCO3)CC1. The summed E-state index contributed by atoms with van der Waals surface area (Å²) in [6.07, 6.45) is 5.93. The van der Waals surface area contributed by atoms with Crippen LogP contribution in [0.1, 0.15) is 19.3 Å². The summed E-state index contributed by atoms with van der Waals surface area (Å²) in [6, 6.07) is 4.72. The average molecular weight is 462 g/mol. The number of likely N-dealkylation sites (tertiary alicyclic amines) is 1. The number of rotatable bonds is 4. The molecule has 1 aromatic carbocycles. The number of carbonyl (C=O) groups is 2. The molecule has 0 saturated carbocycles. The Morgan fingerprint density at radius 3 is 2.16 bits per heavy atom. The predicted molar refractivity (Wildman–Crippen MR) is 114 cm³/mol. The number of hydrogen-bond acceptors (Lipinski definition) is 7. The Kier molecular flexibility index (Phi) is 5.68. The van der Waals surface area contributed by atoms with Crippen molar-refractivity contribution >= 4 is 21.8 Å². The molecule has 32 heavy (non-hydrogen) atoms. The lowest BCUT2D eigenvalue weighted by molar-refractivity contribution is -0.142. The van der Waals surface area contributed by atoms with Gasteiger partial charge < -0.3 is 9.47 Å².